The van der Waals surface area contributed by atoms with Crippen LogP contribution in [0, 0.1) is 5.92 Å². The maximum Gasteiger partial charge on any atom is 0.292 e. The second-order valence-electron chi connectivity index (χ2n) is 6.12. The molecule has 1 unspecified atom stereocenters. The second kappa shape index (κ2) is 7.85. The van der Waals surface area contributed by atoms with Crippen LogP contribution in [0.25, 0.3) is 0 Å². The number of hydrogen-bond acceptors (Lipinski definition) is 5. The average molecular weight is 320 g/mol. The lowest BCUT2D eigenvalue weighted by atomic mass is 9.99. The third-order valence-corrected chi connectivity index (χ3v) is 5.39. The molecule has 0 amide bonds. The smallest absolute Gasteiger partial charge is 0.292 e. The zero-order valence-electron chi connectivity index (χ0n) is 13.0. The molecule has 2 N–H and O–H groups in total. The van der Waals surface area contributed by atoms with Gasteiger partial charge in [0.1, 0.15) is 0 Å². The van der Waals surface area contributed by atoms with Crippen LogP contribution in [0.5, 0.6) is 0 Å². The highest BCUT2D eigenvalue weighted by Crippen LogP contribution is 2.18. The summed E-state index contributed by atoms with van der Waals surface area (Å²) in [5.74, 6) is 0.391. The highest BCUT2D eigenvalue weighted by molar-refractivity contribution is 7.87. The van der Waals surface area contributed by atoms with Crippen molar-refractivity contribution in [3.05, 3.63) is 0 Å². The van der Waals surface area contributed by atoms with E-state index in [2.05, 4.69) is 24.0 Å². The van der Waals surface area contributed by atoms with Crippen LogP contribution in [0.2, 0.25) is 0 Å². The number of piperidine rings is 1. The minimum atomic E-state index is -3.43. The Hall–Kier alpha value is -0.250. The second-order valence-corrected chi connectivity index (χ2v) is 7.77. The van der Waals surface area contributed by atoms with Gasteiger partial charge in [-0.15, -0.1) is 4.83 Å². The summed E-state index contributed by atoms with van der Waals surface area (Å²) >= 11 is 0. The van der Waals surface area contributed by atoms with E-state index in [1.165, 1.54) is 0 Å². The zero-order valence-corrected chi connectivity index (χ0v) is 13.9. The monoisotopic (exact) mass is 320 g/mol. The van der Waals surface area contributed by atoms with Crippen molar-refractivity contribution in [3.63, 3.8) is 0 Å². The predicted octanol–water partition coefficient (Wildman–Crippen LogP) is -0.222. The Labute approximate surface area is 128 Å². The standard InChI is InChI=1S/C13H28N4O3S/c1-12(2)14-10-13-4-3-5-17(11-13)21(18,19)15-16-6-8-20-9-7-16/h12-15H,3-11H2,1-2H3. The molecule has 2 saturated heterocycles. The van der Waals surface area contributed by atoms with E-state index in [-0.39, 0.29) is 0 Å². The summed E-state index contributed by atoms with van der Waals surface area (Å²) in [5, 5.41) is 5.13. The molecule has 0 saturated carbocycles. The molecular formula is C13H28N4O3S. The fourth-order valence-electron chi connectivity index (χ4n) is 2.69. The van der Waals surface area contributed by atoms with Crippen molar-refractivity contribution < 1.29 is 13.2 Å². The van der Waals surface area contributed by atoms with Crippen molar-refractivity contribution in [2.24, 2.45) is 5.92 Å². The highest BCUT2D eigenvalue weighted by Gasteiger charge is 2.30. The van der Waals surface area contributed by atoms with Crippen molar-refractivity contribution in [1.82, 2.24) is 19.5 Å². The molecule has 0 bridgehead atoms. The van der Waals surface area contributed by atoms with Gasteiger partial charge in [0.2, 0.25) is 0 Å². The number of nitrogens with zero attached hydrogens (tertiary/aromatic N) is 2. The van der Waals surface area contributed by atoms with Crippen LogP contribution in [0.3, 0.4) is 0 Å². The van der Waals surface area contributed by atoms with Crippen LogP contribution in [-0.2, 0) is 14.9 Å². The minimum Gasteiger partial charge on any atom is -0.379 e. The first-order valence-electron chi connectivity index (χ1n) is 7.81. The zero-order chi connectivity index (χ0) is 15.3. The van der Waals surface area contributed by atoms with E-state index in [1.807, 2.05) is 0 Å². The number of ether oxygens (including phenoxy) is 1. The molecule has 2 fully saturated rings. The summed E-state index contributed by atoms with van der Waals surface area (Å²) in [7, 11) is -3.43. The lowest BCUT2D eigenvalue weighted by Crippen LogP contribution is -2.55. The quantitative estimate of drug-likeness (QED) is 0.708. The number of hydrazine groups is 1. The lowest BCUT2D eigenvalue weighted by Gasteiger charge is -2.35. The van der Waals surface area contributed by atoms with Crippen LogP contribution < -0.4 is 10.1 Å². The Balaban J connectivity index is 1.86. The number of nitrogens with one attached hydrogen (secondary N) is 2. The lowest BCUT2D eigenvalue weighted by molar-refractivity contribution is 0.0258. The van der Waals surface area contributed by atoms with Gasteiger partial charge in [-0.25, -0.2) is 5.01 Å². The molecule has 0 aromatic rings. The predicted molar refractivity (Wildman–Crippen MR) is 81.9 cm³/mol. The Morgan fingerprint density at radius 1 is 1.24 bits per heavy atom. The van der Waals surface area contributed by atoms with Gasteiger partial charge in [0, 0.05) is 32.2 Å². The van der Waals surface area contributed by atoms with Crippen LogP contribution in [0.15, 0.2) is 0 Å². The van der Waals surface area contributed by atoms with Gasteiger partial charge in [-0.2, -0.15) is 12.7 Å². The van der Waals surface area contributed by atoms with Gasteiger partial charge in [0.25, 0.3) is 10.2 Å². The summed E-state index contributed by atoms with van der Waals surface area (Å²) < 4.78 is 31.7. The molecule has 124 valence electrons. The van der Waals surface area contributed by atoms with Gasteiger partial charge in [-0.1, -0.05) is 13.8 Å². The maximum atomic E-state index is 12.4. The number of rotatable bonds is 6. The first-order valence-corrected chi connectivity index (χ1v) is 9.25. The van der Waals surface area contributed by atoms with Gasteiger partial charge < -0.3 is 10.1 Å². The first kappa shape index (κ1) is 17.1. The summed E-state index contributed by atoms with van der Waals surface area (Å²) in [6.45, 7) is 8.65. The van der Waals surface area contributed by atoms with Gasteiger partial charge in [0.15, 0.2) is 0 Å². The summed E-state index contributed by atoms with van der Waals surface area (Å²) in [4.78, 5) is 2.68. The van der Waals surface area contributed by atoms with Crippen molar-refractivity contribution in [3.8, 4) is 0 Å². The molecule has 0 aliphatic carbocycles. The summed E-state index contributed by atoms with van der Waals surface area (Å²) in [5.41, 5.74) is 0. The van der Waals surface area contributed by atoms with Gasteiger partial charge in [-0.3, -0.25) is 0 Å². The Morgan fingerprint density at radius 3 is 2.62 bits per heavy atom. The molecule has 0 spiro atoms. The van der Waals surface area contributed by atoms with Crippen LogP contribution in [-0.4, -0.2) is 69.7 Å². The van der Waals surface area contributed by atoms with Crippen molar-refractivity contribution in [1.29, 1.82) is 0 Å². The van der Waals surface area contributed by atoms with Crippen LogP contribution in [0.4, 0.5) is 0 Å². The maximum absolute atomic E-state index is 12.4. The molecule has 8 heteroatoms. The average Bonchev–Trinajstić information content (AvgIpc) is 2.46. The fraction of sp³-hybridized carbons (Fsp3) is 1.00. The third-order valence-electron chi connectivity index (χ3n) is 3.89. The van der Waals surface area contributed by atoms with Crippen molar-refractivity contribution in [2.45, 2.75) is 32.7 Å². The van der Waals surface area contributed by atoms with Gasteiger partial charge in [0.05, 0.1) is 13.2 Å². The van der Waals surface area contributed by atoms with E-state index in [0.717, 1.165) is 19.4 Å². The molecule has 21 heavy (non-hydrogen) atoms. The fourth-order valence-corrected chi connectivity index (χ4v) is 4.09. The first-order chi connectivity index (χ1) is 9.97. The Kier molecular flexibility index (Phi) is 6.39. The van der Waals surface area contributed by atoms with Crippen LogP contribution >= 0.6 is 0 Å². The summed E-state index contributed by atoms with van der Waals surface area (Å²) in [6, 6.07) is 0.434. The Morgan fingerprint density at radius 2 is 1.95 bits per heavy atom. The molecule has 2 heterocycles. The molecule has 0 radical (unpaired) electrons. The van der Waals surface area contributed by atoms with Crippen LogP contribution in [0.1, 0.15) is 26.7 Å². The molecule has 1 atom stereocenters. The van der Waals surface area contributed by atoms with E-state index in [9.17, 15) is 8.42 Å². The molecule has 7 nitrogen and oxygen atoms in total. The highest BCUT2D eigenvalue weighted by atomic mass is 32.2. The van der Waals surface area contributed by atoms with E-state index in [1.54, 1.807) is 9.31 Å². The van der Waals surface area contributed by atoms with E-state index in [4.69, 9.17) is 4.74 Å². The molecule has 2 rings (SSSR count). The molecule has 2 aliphatic rings. The topological polar surface area (TPSA) is 73.9 Å². The van der Waals surface area contributed by atoms with E-state index < -0.39 is 10.2 Å². The van der Waals surface area contributed by atoms with E-state index >= 15 is 0 Å². The van der Waals surface area contributed by atoms with E-state index in [0.29, 0.717) is 51.4 Å². The number of morpholine rings is 1. The molecular weight excluding hydrogens is 292 g/mol. The van der Waals surface area contributed by atoms with Gasteiger partial charge in [-0.05, 0) is 25.3 Å². The molecule has 2 aliphatic heterocycles. The summed E-state index contributed by atoms with van der Waals surface area (Å²) in [6.07, 6.45) is 2.01. The third kappa shape index (κ3) is 5.46. The SMILES string of the molecule is CC(C)NCC1CCCN(S(=O)(=O)NN2CCOCC2)C1. The molecule has 0 aromatic heterocycles. The Bertz CT molecular complexity index is 410. The number of hydrogen-bond donors (Lipinski definition) is 2. The van der Waals surface area contributed by atoms with Gasteiger partial charge >= 0.3 is 0 Å². The molecule has 0 aromatic carbocycles. The normalized spacial score (nSPS) is 26.3. The largest absolute Gasteiger partial charge is 0.379 e. The van der Waals surface area contributed by atoms with Crippen molar-refractivity contribution in [2.75, 3.05) is 45.9 Å². The minimum absolute atomic E-state index is 0.391. The van der Waals surface area contributed by atoms with Crippen molar-refractivity contribution >= 4 is 10.2 Å².